The van der Waals surface area contributed by atoms with Crippen molar-refractivity contribution in [3.8, 4) is 11.8 Å². The van der Waals surface area contributed by atoms with E-state index in [1.807, 2.05) is 0 Å². The standard InChI is InChI=1S/C14H17FN2O2/c1-10-8-12(15)17-9-11(10)6-5-7-16-13(18)19-14(2,3)4/h8-9H,7H2,1-4H3,(H,16,18). The molecule has 1 N–H and O–H groups in total. The van der Waals surface area contributed by atoms with E-state index < -0.39 is 17.6 Å². The Hall–Kier alpha value is -2.09. The molecular weight excluding hydrogens is 247 g/mol. The number of aromatic nitrogens is 1. The molecule has 0 aromatic carbocycles. The van der Waals surface area contributed by atoms with Crippen LogP contribution in [0.25, 0.3) is 0 Å². The zero-order chi connectivity index (χ0) is 14.5. The van der Waals surface area contributed by atoms with Crippen LogP contribution in [0.1, 0.15) is 31.9 Å². The van der Waals surface area contributed by atoms with Gasteiger partial charge in [-0.25, -0.2) is 9.78 Å². The van der Waals surface area contributed by atoms with Crippen molar-refractivity contribution >= 4 is 6.09 Å². The van der Waals surface area contributed by atoms with Gasteiger partial charge in [0, 0.05) is 11.8 Å². The maximum atomic E-state index is 12.8. The molecule has 0 saturated carbocycles. The summed E-state index contributed by atoms with van der Waals surface area (Å²) in [5.74, 6) is 5.03. The van der Waals surface area contributed by atoms with E-state index in [1.54, 1.807) is 27.7 Å². The number of nitrogens with one attached hydrogen (secondary N) is 1. The number of rotatable bonds is 1. The van der Waals surface area contributed by atoms with E-state index in [4.69, 9.17) is 4.74 Å². The van der Waals surface area contributed by atoms with Crippen molar-refractivity contribution in [2.45, 2.75) is 33.3 Å². The third-order valence-corrected chi connectivity index (χ3v) is 2.02. The molecular formula is C14H17FN2O2. The van der Waals surface area contributed by atoms with Gasteiger partial charge >= 0.3 is 6.09 Å². The summed E-state index contributed by atoms with van der Waals surface area (Å²) >= 11 is 0. The molecule has 1 aromatic heterocycles. The van der Waals surface area contributed by atoms with E-state index in [0.717, 1.165) is 0 Å². The number of amides is 1. The van der Waals surface area contributed by atoms with Crippen molar-refractivity contribution < 1.29 is 13.9 Å². The highest BCUT2D eigenvalue weighted by Gasteiger charge is 2.14. The van der Waals surface area contributed by atoms with Crippen LogP contribution in [-0.4, -0.2) is 23.2 Å². The van der Waals surface area contributed by atoms with Gasteiger partial charge in [0.25, 0.3) is 0 Å². The van der Waals surface area contributed by atoms with Crippen LogP contribution >= 0.6 is 0 Å². The number of carbonyl (C=O) groups excluding carboxylic acids is 1. The third kappa shape index (κ3) is 5.87. The monoisotopic (exact) mass is 264 g/mol. The fourth-order valence-corrected chi connectivity index (χ4v) is 1.22. The Morgan fingerprint density at radius 1 is 1.53 bits per heavy atom. The first kappa shape index (κ1) is 15.0. The van der Waals surface area contributed by atoms with Crippen molar-refractivity contribution in [2.24, 2.45) is 0 Å². The lowest BCUT2D eigenvalue weighted by Gasteiger charge is -2.19. The number of carbonyl (C=O) groups is 1. The number of hydrogen-bond donors (Lipinski definition) is 1. The van der Waals surface area contributed by atoms with Crippen molar-refractivity contribution in [1.29, 1.82) is 0 Å². The maximum absolute atomic E-state index is 12.8. The lowest BCUT2D eigenvalue weighted by Crippen LogP contribution is -2.32. The van der Waals surface area contributed by atoms with Crippen LogP contribution in [0.5, 0.6) is 0 Å². The van der Waals surface area contributed by atoms with Gasteiger partial charge in [-0.3, -0.25) is 0 Å². The Balaban J connectivity index is 2.50. The highest BCUT2D eigenvalue weighted by Crippen LogP contribution is 2.06. The molecule has 0 atom stereocenters. The SMILES string of the molecule is Cc1cc(F)ncc1C#CCNC(=O)OC(C)(C)C. The van der Waals surface area contributed by atoms with Crippen molar-refractivity contribution in [2.75, 3.05) is 6.54 Å². The second-order valence-corrected chi connectivity index (χ2v) is 4.98. The zero-order valence-corrected chi connectivity index (χ0v) is 11.5. The molecule has 0 aliphatic rings. The summed E-state index contributed by atoms with van der Waals surface area (Å²) in [7, 11) is 0. The quantitative estimate of drug-likeness (QED) is 0.626. The van der Waals surface area contributed by atoms with Crippen LogP contribution in [0.3, 0.4) is 0 Å². The summed E-state index contributed by atoms with van der Waals surface area (Å²) < 4.78 is 17.8. The van der Waals surface area contributed by atoms with Crippen molar-refractivity contribution in [3.63, 3.8) is 0 Å². The Labute approximate surface area is 112 Å². The number of aryl methyl sites for hydroxylation is 1. The summed E-state index contributed by atoms with van der Waals surface area (Å²) in [6.07, 6.45) is 0.848. The first-order chi connectivity index (χ1) is 8.78. The molecule has 5 heteroatoms. The number of pyridine rings is 1. The highest BCUT2D eigenvalue weighted by molar-refractivity contribution is 5.68. The fourth-order valence-electron chi connectivity index (χ4n) is 1.22. The van der Waals surface area contributed by atoms with Crippen LogP contribution in [-0.2, 0) is 4.74 Å². The minimum Gasteiger partial charge on any atom is -0.444 e. The number of nitrogens with zero attached hydrogens (tertiary/aromatic N) is 1. The molecule has 102 valence electrons. The van der Waals surface area contributed by atoms with Gasteiger partial charge in [0.15, 0.2) is 0 Å². The molecule has 0 unspecified atom stereocenters. The topological polar surface area (TPSA) is 51.2 Å². The summed E-state index contributed by atoms with van der Waals surface area (Å²) in [6.45, 7) is 7.26. The minimum absolute atomic E-state index is 0.158. The van der Waals surface area contributed by atoms with Crippen LogP contribution in [0.15, 0.2) is 12.3 Å². The van der Waals surface area contributed by atoms with E-state index in [2.05, 4.69) is 22.1 Å². The van der Waals surface area contributed by atoms with E-state index in [0.29, 0.717) is 11.1 Å². The molecule has 0 radical (unpaired) electrons. The molecule has 0 aliphatic carbocycles. The van der Waals surface area contributed by atoms with Crippen LogP contribution in [0.4, 0.5) is 9.18 Å². The number of halogens is 1. The summed E-state index contributed by atoms with van der Waals surface area (Å²) in [5.41, 5.74) is 0.805. The zero-order valence-electron chi connectivity index (χ0n) is 11.5. The molecule has 19 heavy (non-hydrogen) atoms. The predicted octanol–water partition coefficient (Wildman–Crippen LogP) is 2.41. The molecule has 0 bridgehead atoms. The lowest BCUT2D eigenvalue weighted by atomic mass is 10.2. The molecule has 0 aliphatic heterocycles. The van der Waals surface area contributed by atoms with E-state index in [1.165, 1.54) is 12.3 Å². The number of hydrogen-bond acceptors (Lipinski definition) is 3. The molecule has 1 heterocycles. The molecule has 1 amide bonds. The van der Waals surface area contributed by atoms with E-state index in [9.17, 15) is 9.18 Å². The average Bonchev–Trinajstić information content (AvgIpc) is 2.24. The van der Waals surface area contributed by atoms with Gasteiger partial charge in [0.1, 0.15) is 5.60 Å². The van der Waals surface area contributed by atoms with Gasteiger partial charge in [0.05, 0.1) is 6.54 Å². The van der Waals surface area contributed by atoms with Gasteiger partial charge in [-0.05, 0) is 39.3 Å². The van der Waals surface area contributed by atoms with Crippen LogP contribution < -0.4 is 5.32 Å². The fraction of sp³-hybridized carbons (Fsp3) is 0.429. The molecule has 4 nitrogen and oxygen atoms in total. The molecule has 0 spiro atoms. The Morgan fingerprint density at radius 2 is 2.21 bits per heavy atom. The van der Waals surface area contributed by atoms with Gasteiger partial charge in [-0.15, -0.1) is 0 Å². The summed E-state index contributed by atoms with van der Waals surface area (Å²) in [5, 5.41) is 2.51. The Bertz CT molecular complexity index is 524. The summed E-state index contributed by atoms with van der Waals surface area (Å²) in [6, 6.07) is 1.31. The average molecular weight is 264 g/mol. The largest absolute Gasteiger partial charge is 0.444 e. The normalized spacial score (nSPS) is 10.4. The molecule has 0 fully saturated rings. The Morgan fingerprint density at radius 3 is 2.79 bits per heavy atom. The number of alkyl carbamates (subject to hydrolysis) is 1. The summed E-state index contributed by atoms with van der Waals surface area (Å²) in [4.78, 5) is 14.8. The predicted molar refractivity (Wildman–Crippen MR) is 70.0 cm³/mol. The first-order valence-corrected chi connectivity index (χ1v) is 5.86. The van der Waals surface area contributed by atoms with Crippen molar-refractivity contribution in [3.05, 3.63) is 29.3 Å². The second-order valence-electron chi connectivity index (χ2n) is 4.98. The smallest absolute Gasteiger partial charge is 0.408 e. The maximum Gasteiger partial charge on any atom is 0.408 e. The van der Waals surface area contributed by atoms with Crippen LogP contribution in [0.2, 0.25) is 0 Å². The Kier molecular flexibility index (Phi) is 4.87. The van der Waals surface area contributed by atoms with Crippen LogP contribution in [0, 0.1) is 24.7 Å². The molecule has 1 rings (SSSR count). The minimum atomic E-state index is -0.533. The number of ether oxygens (including phenoxy) is 1. The van der Waals surface area contributed by atoms with Gasteiger partial charge in [0.2, 0.25) is 5.95 Å². The van der Waals surface area contributed by atoms with Gasteiger partial charge in [-0.1, -0.05) is 11.8 Å². The lowest BCUT2D eigenvalue weighted by molar-refractivity contribution is 0.0535. The molecule has 1 aromatic rings. The first-order valence-electron chi connectivity index (χ1n) is 5.86. The van der Waals surface area contributed by atoms with E-state index >= 15 is 0 Å². The van der Waals surface area contributed by atoms with Gasteiger partial charge < -0.3 is 10.1 Å². The second kappa shape index (κ2) is 6.19. The molecule has 0 saturated heterocycles. The van der Waals surface area contributed by atoms with Crippen molar-refractivity contribution in [1.82, 2.24) is 10.3 Å². The van der Waals surface area contributed by atoms with E-state index in [-0.39, 0.29) is 6.54 Å². The van der Waals surface area contributed by atoms with Gasteiger partial charge in [-0.2, -0.15) is 4.39 Å². The highest BCUT2D eigenvalue weighted by atomic mass is 19.1. The third-order valence-electron chi connectivity index (χ3n) is 2.02.